The topological polar surface area (TPSA) is 81.3 Å². The van der Waals surface area contributed by atoms with Gasteiger partial charge in [0.05, 0.1) is 12.2 Å². The maximum absolute atomic E-state index is 12.5. The lowest BCUT2D eigenvalue weighted by molar-refractivity contribution is -0.134. The summed E-state index contributed by atoms with van der Waals surface area (Å²) in [6, 6.07) is 13.9. The number of carbonyl (C=O) groups excluding carboxylic acids is 1. The predicted octanol–water partition coefficient (Wildman–Crippen LogP) is 2.18. The largest absolute Gasteiger partial charge is 0.484 e. The second-order valence-corrected chi connectivity index (χ2v) is 6.06. The molecule has 0 bridgehead atoms. The Morgan fingerprint density at radius 1 is 1.20 bits per heavy atom. The van der Waals surface area contributed by atoms with Gasteiger partial charge in [0.15, 0.2) is 6.61 Å². The van der Waals surface area contributed by atoms with Crippen molar-refractivity contribution in [3.8, 4) is 5.75 Å². The van der Waals surface area contributed by atoms with E-state index in [1.807, 2.05) is 42.5 Å². The van der Waals surface area contributed by atoms with Gasteiger partial charge >= 0.3 is 0 Å². The molecule has 2 heterocycles. The monoisotopic (exact) mass is 334 g/mol. The molecule has 0 fully saturated rings. The summed E-state index contributed by atoms with van der Waals surface area (Å²) < 4.78 is 5.69. The molecular formula is C19H18N4O2. The number of amides is 1. The molecule has 0 radical (unpaired) electrons. The molecule has 4 rings (SSSR count). The molecule has 0 saturated carbocycles. The van der Waals surface area contributed by atoms with E-state index >= 15 is 0 Å². The van der Waals surface area contributed by atoms with Crippen molar-refractivity contribution in [2.45, 2.75) is 13.0 Å². The molecule has 1 aliphatic heterocycles. The normalized spacial score (nSPS) is 13.5. The van der Waals surface area contributed by atoms with Crippen LogP contribution in [0.1, 0.15) is 11.3 Å². The first-order valence-electron chi connectivity index (χ1n) is 8.19. The predicted molar refractivity (Wildman–Crippen MR) is 95.0 cm³/mol. The van der Waals surface area contributed by atoms with Crippen LogP contribution < -0.4 is 10.5 Å². The van der Waals surface area contributed by atoms with Crippen molar-refractivity contribution in [3.63, 3.8) is 0 Å². The Morgan fingerprint density at radius 2 is 2.04 bits per heavy atom. The summed E-state index contributed by atoms with van der Waals surface area (Å²) in [6.45, 7) is 1.09. The Morgan fingerprint density at radius 3 is 2.92 bits per heavy atom. The minimum absolute atomic E-state index is 0.00817. The first kappa shape index (κ1) is 15.4. The van der Waals surface area contributed by atoms with Gasteiger partial charge in [-0.3, -0.25) is 4.79 Å². The molecule has 0 unspecified atom stereocenters. The van der Waals surface area contributed by atoms with E-state index < -0.39 is 0 Å². The maximum Gasteiger partial charge on any atom is 0.260 e. The van der Waals surface area contributed by atoms with Gasteiger partial charge in [-0.25, -0.2) is 9.97 Å². The fourth-order valence-electron chi connectivity index (χ4n) is 3.02. The van der Waals surface area contributed by atoms with Gasteiger partial charge in [-0.2, -0.15) is 0 Å². The highest BCUT2D eigenvalue weighted by Gasteiger charge is 2.22. The van der Waals surface area contributed by atoms with Crippen molar-refractivity contribution in [3.05, 3.63) is 59.9 Å². The third-order valence-electron chi connectivity index (χ3n) is 4.40. The first-order valence-corrected chi connectivity index (χ1v) is 8.19. The average Bonchev–Trinajstić information content (AvgIpc) is 2.65. The Kier molecular flexibility index (Phi) is 3.93. The van der Waals surface area contributed by atoms with E-state index in [1.165, 1.54) is 0 Å². The van der Waals surface area contributed by atoms with Crippen LogP contribution in [0.15, 0.2) is 48.7 Å². The van der Waals surface area contributed by atoms with E-state index in [0.717, 1.165) is 28.5 Å². The highest BCUT2D eigenvalue weighted by atomic mass is 16.5. The van der Waals surface area contributed by atoms with Gasteiger partial charge < -0.3 is 15.4 Å². The summed E-state index contributed by atoms with van der Waals surface area (Å²) in [7, 11) is 0. The summed E-state index contributed by atoms with van der Waals surface area (Å²) in [5.41, 5.74) is 7.50. The molecule has 1 aromatic heterocycles. The maximum atomic E-state index is 12.5. The molecule has 6 heteroatoms. The van der Waals surface area contributed by atoms with Gasteiger partial charge in [0.25, 0.3) is 5.91 Å². The minimum Gasteiger partial charge on any atom is -0.484 e. The van der Waals surface area contributed by atoms with Gasteiger partial charge in [0.1, 0.15) is 5.75 Å². The molecule has 0 spiro atoms. The lowest BCUT2D eigenvalue weighted by Gasteiger charge is -2.27. The standard InChI is InChI=1S/C19H18N4O2/c20-19-21-10-15-7-8-23(11-17(15)22-19)18(24)12-25-16-6-5-13-3-1-2-4-14(13)9-16/h1-6,9-10H,7-8,11-12H2,(H2,20,21,22). The second kappa shape index (κ2) is 6.39. The van der Waals surface area contributed by atoms with Gasteiger partial charge in [-0.05, 0) is 34.9 Å². The molecule has 2 N–H and O–H groups in total. The number of nitrogens with zero attached hydrogens (tertiary/aromatic N) is 3. The summed E-state index contributed by atoms with van der Waals surface area (Å²) in [5, 5.41) is 2.23. The number of hydrogen-bond acceptors (Lipinski definition) is 5. The van der Waals surface area contributed by atoms with Crippen LogP contribution in [0.2, 0.25) is 0 Å². The van der Waals surface area contributed by atoms with Gasteiger partial charge in [0, 0.05) is 12.7 Å². The molecule has 126 valence electrons. The zero-order valence-electron chi connectivity index (χ0n) is 13.7. The van der Waals surface area contributed by atoms with Crippen LogP contribution in [-0.4, -0.2) is 33.9 Å². The van der Waals surface area contributed by atoms with Crippen LogP contribution in [0.25, 0.3) is 10.8 Å². The number of fused-ring (bicyclic) bond motifs is 2. The number of aromatic nitrogens is 2. The van der Waals surface area contributed by atoms with Crippen molar-refractivity contribution >= 4 is 22.6 Å². The molecule has 0 aliphatic carbocycles. The van der Waals surface area contributed by atoms with Gasteiger partial charge in [-0.15, -0.1) is 0 Å². The van der Waals surface area contributed by atoms with Crippen LogP contribution in [0.4, 0.5) is 5.95 Å². The van der Waals surface area contributed by atoms with E-state index in [4.69, 9.17) is 10.5 Å². The number of nitrogens with two attached hydrogens (primary N) is 1. The van der Waals surface area contributed by atoms with Crippen LogP contribution in [0, 0.1) is 0 Å². The highest BCUT2D eigenvalue weighted by molar-refractivity contribution is 5.84. The van der Waals surface area contributed by atoms with Crippen molar-refractivity contribution in [2.24, 2.45) is 0 Å². The third-order valence-corrected chi connectivity index (χ3v) is 4.40. The number of anilines is 1. The number of ether oxygens (including phenoxy) is 1. The molecule has 3 aromatic rings. The summed E-state index contributed by atoms with van der Waals surface area (Å²) in [4.78, 5) is 22.4. The van der Waals surface area contributed by atoms with Crippen LogP contribution >= 0.6 is 0 Å². The molecule has 2 aromatic carbocycles. The summed E-state index contributed by atoms with van der Waals surface area (Å²) >= 11 is 0. The second-order valence-electron chi connectivity index (χ2n) is 6.06. The fourth-order valence-corrected chi connectivity index (χ4v) is 3.02. The zero-order chi connectivity index (χ0) is 17.2. The Hall–Kier alpha value is -3.15. The molecule has 0 atom stereocenters. The number of nitrogen functional groups attached to an aromatic ring is 1. The molecule has 6 nitrogen and oxygen atoms in total. The van der Waals surface area contributed by atoms with Crippen molar-refractivity contribution < 1.29 is 9.53 Å². The zero-order valence-corrected chi connectivity index (χ0v) is 13.7. The Balaban J connectivity index is 1.42. The van der Waals surface area contributed by atoms with Crippen molar-refractivity contribution in [1.29, 1.82) is 0 Å². The highest BCUT2D eigenvalue weighted by Crippen LogP contribution is 2.21. The number of rotatable bonds is 3. The lowest BCUT2D eigenvalue weighted by atomic mass is 10.1. The fraction of sp³-hybridized carbons (Fsp3) is 0.211. The Bertz CT molecular complexity index is 942. The molecule has 1 aliphatic rings. The van der Waals surface area contributed by atoms with Crippen molar-refractivity contribution in [1.82, 2.24) is 14.9 Å². The van der Waals surface area contributed by atoms with Gasteiger partial charge in [-0.1, -0.05) is 30.3 Å². The number of hydrogen-bond donors (Lipinski definition) is 1. The molecule has 1 amide bonds. The molecule has 0 saturated heterocycles. The number of benzene rings is 2. The SMILES string of the molecule is Nc1ncc2c(n1)CN(C(=O)COc1ccc3ccccc3c1)CC2. The first-order chi connectivity index (χ1) is 12.2. The van der Waals surface area contributed by atoms with Crippen molar-refractivity contribution in [2.75, 3.05) is 18.9 Å². The average molecular weight is 334 g/mol. The minimum atomic E-state index is -0.0593. The Labute approximate surface area is 145 Å². The van der Waals surface area contributed by atoms with Crippen LogP contribution in [0.5, 0.6) is 5.75 Å². The number of carbonyl (C=O) groups is 1. The lowest BCUT2D eigenvalue weighted by Crippen LogP contribution is -2.39. The summed E-state index contributed by atoms with van der Waals surface area (Å²) in [6.07, 6.45) is 2.47. The van der Waals surface area contributed by atoms with Gasteiger partial charge in [0.2, 0.25) is 5.95 Å². The van der Waals surface area contributed by atoms with Crippen LogP contribution in [-0.2, 0) is 17.8 Å². The van der Waals surface area contributed by atoms with Crippen LogP contribution in [0.3, 0.4) is 0 Å². The van der Waals surface area contributed by atoms with E-state index in [1.54, 1.807) is 11.1 Å². The quantitative estimate of drug-likeness (QED) is 0.794. The summed E-state index contributed by atoms with van der Waals surface area (Å²) in [5.74, 6) is 0.868. The van der Waals surface area contributed by atoms with E-state index in [-0.39, 0.29) is 18.5 Å². The van der Waals surface area contributed by atoms with E-state index in [0.29, 0.717) is 18.8 Å². The molecule has 25 heavy (non-hydrogen) atoms. The van der Waals surface area contributed by atoms with E-state index in [2.05, 4.69) is 9.97 Å². The van der Waals surface area contributed by atoms with E-state index in [9.17, 15) is 4.79 Å². The third kappa shape index (κ3) is 3.24. The molecular weight excluding hydrogens is 316 g/mol. The smallest absolute Gasteiger partial charge is 0.260 e.